The van der Waals surface area contributed by atoms with E-state index in [1.54, 1.807) is 0 Å². The highest BCUT2D eigenvalue weighted by Gasteiger charge is 2.15. The molecule has 1 atom stereocenters. The molecule has 0 aliphatic rings. The Morgan fingerprint density at radius 3 is 1.39 bits per heavy atom. The molecule has 0 radical (unpaired) electrons. The van der Waals surface area contributed by atoms with Crippen LogP contribution in [0.1, 0.15) is 168 Å². The van der Waals surface area contributed by atoms with Crippen molar-refractivity contribution in [1.82, 2.24) is 0 Å². The van der Waals surface area contributed by atoms with Crippen LogP contribution in [0.2, 0.25) is 0 Å². The molecule has 0 spiro atoms. The number of unbranched alkanes of at least 4 members (excludes halogenated alkanes) is 15. The molecule has 0 aromatic carbocycles. The summed E-state index contributed by atoms with van der Waals surface area (Å²) in [7, 11) is 0. The molecule has 0 bridgehead atoms. The molecule has 0 aromatic heterocycles. The molecule has 1 N–H and O–H groups in total. The number of aliphatic hydroxyl groups is 1. The normalized spacial score (nSPS) is 12.8. The predicted octanol–water partition coefficient (Wildman–Crippen LogP) is 11.6. The number of ether oxygens (including phenoxy) is 2. The SMILES string of the molecule is CCCCCC=CCC=CCC=CCC=CCC=CCCC(=O)O[C@@H](CO)COC(=O)CCCCCCCCCCCCCCC. The van der Waals surface area contributed by atoms with Gasteiger partial charge in [-0.3, -0.25) is 9.59 Å². The van der Waals surface area contributed by atoms with E-state index in [9.17, 15) is 14.7 Å². The summed E-state index contributed by atoms with van der Waals surface area (Å²) in [5, 5.41) is 9.52. The monoisotopic (exact) mass is 643 g/mol. The summed E-state index contributed by atoms with van der Waals surface area (Å²) in [4.78, 5) is 24.2. The fraction of sp³-hybridized carbons (Fsp3) is 0.707. The molecule has 0 fully saturated rings. The molecule has 0 saturated heterocycles. The van der Waals surface area contributed by atoms with E-state index >= 15 is 0 Å². The van der Waals surface area contributed by atoms with Gasteiger partial charge in [0.2, 0.25) is 0 Å². The third-order valence-corrected chi connectivity index (χ3v) is 7.83. The van der Waals surface area contributed by atoms with Gasteiger partial charge in [-0.25, -0.2) is 0 Å². The minimum absolute atomic E-state index is 0.0958. The van der Waals surface area contributed by atoms with Gasteiger partial charge in [0.25, 0.3) is 0 Å². The molecule has 0 aliphatic heterocycles. The molecule has 46 heavy (non-hydrogen) atoms. The van der Waals surface area contributed by atoms with Gasteiger partial charge in [0.15, 0.2) is 6.10 Å². The first-order chi connectivity index (χ1) is 22.6. The number of esters is 2. The highest BCUT2D eigenvalue weighted by molar-refractivity contribution is 5.70. The fourth-order valence-corrected chi connectivity index (χ4v) is 4.95. The number of carbonyl (C=O) groups is 2. The highest BCUT2D eigenvalue weighted by Crippen LogP contribution is 2.13. The maximum absolute atomic E-state index is 12.1. The van der Waals surface area contributed by atoms with Crippen molar-refractivity contribution in [1.29, 1.82) is 0 Å². The lowest BCUT2D eigenvalue weighted by Gasteiger charge is -2.15. The van der Waals surface area contributed by atoms with Crippen molar-refractivity contribution in [2.75, 3.05) is 13.2 Å². The van der Waals surface area contributed by atoms with E-state index in [0.29, 0.717) is 12.8 Å². The van der Waals surface area contributed by atoms with Crippen molar-refractivity contribution >= 4 is 11.9 Å². The largest absolute Gasteiger partial charge is 0.462 e. The van der Waals surface area contributed by atoms with Gasteiger partial charge in [-0.1, -0.05) is 164 Å². The zero-order chi connectivity index (χ0) is 33.6. The van der Waals surface area contributed by atoms with Crippen molar-refractivity contribution in [3.8, 4) is 0 Å². The summed E-state index contributed by atoms with van der Waals surface area (Å²) in [5.74, 6) is -0.689. The molecule has 0 amide bonds. The summed E-state index contributed by atoms with van der Waals surface area (Å²) in [6, 6.07) is 0. The van der Waals surface area contributed by atoms with E-state index < -0.39 is 12.1 Å². The number of carbonyl (C=O) groups excluding carboxylic acids is 2. The second kappa shape index (κ2) is 37.1. The first-order valence-corrected chi connectivity index (χ1v) is 18.8. The summed E-state index contributed by atoms with van der Waals surface area (Å²) in [6.07, 6.45) is 47.1. The lowest BCUT2D eigenvalue weighted by atomic mass is 10.0. The first kappa shape index (κ1) is 43.6. The third-order valence-electron chi connectivity index (χ3n) is 7.83. The minimum atomic E-state index is -0.810. The molecule has 0 aromatic rings. The quantitative estimate of drug-likeness (QED) is 0.0438. The van der Waals surface area contributed by atoms with E-state index in [2.05, 4.69) is 62.5 Å². The van der Waals surface area contributed by atoms with E-state index in [1.165, 1.54) is 89.9 Å². The van der Waals surface area contributed by atoms with Crippen LogP contribution in [0.3, 0.4) is 0 Å². The van der Waals surface area contributed by atoms with Crippen LogP contribution in [0, 0.1) is 0 Å². The van der Waals surface area contributed by atoms with Crippen LogP contribution in [-0.4, -0.2) is 36.4 Å². The van der Waals surface area contributed by atoms with Gasteiger partial charge in [-0.05, 0) is 51.4 Å². The predicted molar refractivity (Wildman–Crippen MR) is 196 cm³/mol. The number of aliphatic hydroxyl groups excluding tert-OH is 1. The van der Waals surface area contributed by atoms with E-state index in [0.717, 1.165) is 44.9 Å². The molecular formula is C41H70O5. The summed E-state index contributed by atoms with van der Waals surface area (Å²) in [5.41, 5.74) is 0. The topological polar surface area (TPSA) is 72.8 Å². The van der Waals surface area contributed by atoms with Gasteiger partial charge in [-0.2, -0.15) is 0 Å². The van der Waals surface area contributed by atoms with Crippen LogP contribution in [0.5, 0.6) is 0 Å². The van der Waals surface area contributed by atoms with E-state index in [1.807, 2.05) is 12.2 Å². The Morgan fingerprint density at radius 2 is 0.913 bits per heavy atom. The maximum atomic E-state index is 12.1. The second-order valence-electron chi connectivity index (χ2n) is 12.3. The van der Waals surface area contributed by atoms with Gasteiger partial charge in [0.05, 0.1) is 6.61 Å². The molecule has 5 nitrogen and oxygen atoms in total. The van der Waals surface area contributed by atoms with E-state index in [-0.39, 0.29) is 25.6 Å². The Balaban J connectivity index is 3.72. The van der Waals surface area contributed by atoms with Crippen LogP contribution >= 0.6 is 0 Å². The summed E-state index contributed by atoms with van der Waals surface area (Å²) >= 11 is 0. The van der Waals surface area contributed by atoms with Crippen molar-refractivity contribution in [3.05, 3.63) is 60.8 Å². The zero-order valence-corrected chi connectivity index (χ0v) is 29.8. The summed E-state index contributed by atoms with van der Waals surface area (Å²) < 4.78 is 10.5. The first-order valence-electron chi connectivity index (χ1n) is 18.8. The molecule has 264 valence electrons. The van der Waals surface area contributed by atoms with E-state index in [4.69, 9.17) is 9.47 Å². The van der Waals surface area contributed by atoms with Crippen LogP contribution < -0.4 is 0 Å². The van der Waals surface area contributed by atoms with Crippen LogP contribution in [0.4, 0.5) is 0 Å². The van der Waals surface area contributed by atoms with Gasteiger partial charge < -0.3 is 14.6 Å². The molecule has 0 saturated carbocycles. The highest BCUT2D eigenvalue weighted by atomic mass is 16.6. The smallest absolute Gasteiger partial charge is 0.306 e. The molecule has 0 unspecified atom stereocenters. The van der Waals surface area contributed by atoms with Gasteiger partial charge in [0.1, 0.15) is 6.61 Å². The summed E-state index contributed by atoms with van der Waals surface area (Å²) in [6.45, 7) is 4.03. The lowest BCUT2D eigenvalue weighted by Crippen LogP contribution is -2.28. The van der Waals surface area contributed by atoms with Crippen molar-refractivity contribution in [2.45, 2.75) is 174 Å². The average molecular weight is 643 g/mol. The number of hydrogen-bond acceptors (Lipinski definition) is 5. The Morgan fingerprint density at radius 1 is 0.500 bits per heavy atom. The molecular weight excluding hydrogens is 572 g/mol. The van der Waals surface area contributed by atoms with Crippen molar-refractivity contribution < 1.29 is 24.2 Å². The standard InChI is InChI=1S/C41H70O5/c1-3-5-7-9-11-13-15-17-18-19-20-21-22-24-26-28-30-32-34-36-41(44)46-39(37-42)38-45-40(43)35-33-31-29-27-25-23-16-14-12-10-8-6-4-2/h11,13,17-18,20-21,24,26,30,32,39,42H,3-10,12,14-16,19,22-23,25,27-29,31,33-38H2,1-2H3/t39-/m0/s1. The Hall–Kier alpha value is -2.40. The van der Waals surface area contributed by atoms with Gasteiger partial charge >= 0.3 is 11.9 Å². The number of hydrogen-bond donors (Lipinski definition) is 1. The number of rotatable bonds is 33. The third kappa shape index (κ3) is 34.5. The fourth-order valence-electron chi connectivity index (χ4n) is 4.95. The van der Waals surface area contributed by atoms with Gasteiger partial charge in [-0.15, -0.1) is 0 Å². The van der Waals surface area contributed by atoms with Crippen LogP contribution in [0.25, 0.3) is 0 Å². The molecule has 0 rings (SSSR count). The Bertz CT molecular complexity index is 823. The minimum Gasteiger partial charge on any atom is -0.462 e. The van der Waals surface area contributed by atoms with Crippen molar-refractivity contribution in [3.63, 3.8) is 0 Å². The molecule has 0 heterocycles. The number of allylic oxidation sites excluding steroid dienone is 10. The maximum Gasteiger partial charge on any atom is 0.306 e. The Kier molecular flexibility index (Phi) is 35.1. The second-order valence-corrected chi connectivity index (χ2v) is 12.3. The van der Waals surface area contributed by atoms with Crippen LogP contribution in [0.15, 0.2) is 60.8 Å². The molecule has 0 aliphatic carbocycles. The lowest BCUT2D eigenvalue weighted by molar-refractivity contribution is -0.161. The Labute approximate surface area is 283 Å². The van der Waals surface area contributed by atoms with Crippen LogP contribution in [-0.2, 0) is 19.1 Å². The average Bonchev–Trinajstić information content (AvgIpc) is 3.06. The zero-order valence-electron chi connectivity index (χ0n) is 29.8. The van der Waals surface area contributed by atoms with Crippen molar-refractivity contribution in [2.24, 2.45) is 0 Å². The molecule has 5 heteroatoms. The van der Waals surface area contributed by atoms with Gasteiger partial charge in [0, 0.05) is 12.8 Å².